The first-order chi connectivity index (χ1) is 10.8. The third-order valence-corrected chi connectivity index (χ3v) is 5.65. The molecule has 2 saturated heterocycles. The maximum absolute atomic E-state index is 12.5. The standard InChI is InChI=1S/C18H33N3O/c1-2-21(16-9-10-16)18(22)15-19-11-7-8-17(14-19)20-12-5-3-4-6-13-20/h16-17H,2-15H2,1H3. The Morgan fingerprint density at radius 3 is 2.36 bits per heavy atom. The van der Waals surface area contributed by atoms with Crippen molar-refractivity contribution in [1.29, 1.82) is 0 Å². The predicted octanol–water partition coefficient (Wildman–Crippen LogP) is 2.34. The van der Waals surface area contributed by atoms with Gasteiger partial charge < -0.3 is 4.90 Å². The van der Waals surface area contributed by atoms with E-state index >= 15 is 0 Å². The zero-order valence-corrected chi connectivity index (χ0v) is 14.3. The quantitative estimate of drug-likeness (QED) is 0.780. The normalized spacial score (nSPS) is 28.3. The minimum Gasteiger partial charge on any atom is -0.339 e. The van der Waals surface area contributed by atoms with Crippen molar-refractivity contribution >= 4 is 5.91 Å². The SMILES string of the molecule is CCN(C(=O)CN1CCCC(N2CCCCCC2)C1)C1CC1. The van der Waals surface area contributed by atoms with Crippen LogP contribution in [0.2, 0.25) is 0 Å². The van der Waals surface area contributed by atoms with E-state index in [4.69, 9.17) is 0 Å². The van der Waals surface area contributed by atoms with Gasteiger partial charge in [-0.25, -0.2) is 0 Å². The van der Waals surface area contributed by atoms with Crippen molar-refractivity contribution in [3.63, 3.8) is 0 Å². The summed E-state index contributed by atoms with van der Waals surface area (Å²) in [4.78, 5) is 19.8. The van der Waals surface area contributed by atoms with Gasteiger partial charge in [-0.3, -0.25) is 14.6 Å². The smallest absolute Gasteiger partial charge is 0.236 e. The lowest BCUT2D eigenvalue weighted by Crippen LogP contribution is -2.51. The van der Waals surface area contributed by atoms with Gasteiger partial charge in [0.25, 0.3) is 0 Å². The summed E-state index contributed by atoms with van der Waals surface area (Å²) in [5, 5.41) is 0. The lowest BCUT2D eigenvalue weighted by molar-refractivity contribution is -0.133. The second-order valence-electron chi connectivity index (χ2n) is 7.39. The van der Waals surface area contributed by atoms with Crippen LogP contribution >= 0.6 is 0 Å². The molecular weight excluding hydrogens is 274 g/mol. The van der Waals surface area contributed by atoms with Crippen molar-refractivity contribution in [3.8, 4) is 0 Å². The molecule has 4 nitrogen and oxygen atoms in total. The fraction of sp³-hybridized carbons (Fsp3) is 0.944. The Bertz CT molecular complexity index is 361. The molecule has 126 valence electrons. The maximum Gasteiger partial charge on any atom is 0.236 e. The Labute approximate surface area is 135 Å². The second-order valence-corrected chi connectivity index (χ2v) is 7.39. The second kappa shape index (κ2) is 7.78. The van der Waals surface area contributed by atoms with Crippen LogP contribution in [-0.4, -0.2) is 72.0 Å². The topological polar surface area (TPSA) is 26.8 Å². The molecule has 3 aliphatic rings. The fourth-order valence-corrected chi connectivity index (χ4v) is 4.24. The Balaban J connectivity index is 1.50. The minimum absolute atomic E-state index is 0.363. The molecule has 3 fully saturated rings. The molecule has 0 spiro atoms. The molecule has 1 saturated carbocycles. The zero-order chi connectivity index (χ0) is 15.4. The van der Waals surface area contributed by atoms with E-state index in [1.165, 1.54) is 64.5 Å². The van der Waals surface area contributed by atoms with Crippen LogP contribution in [0.1, 0.15) is 58.3 Å². The van der Waals surface area contributed by atoms with Crippen molar-refractivity contribution in [2.24, 2.45) is 0 Å². The summed E-state index contributed by atoms with van der Waals surface area (Å²) >= 11 is 0. The van der Waals surface area contributed by atoms with Gasteiger partial charge in [0, 0.05) is 25.2 Å². The first kappa shape index (κ1) is 16.3. The van der Waals surface area contributed by atoms with E-state index in [0.717, 1.165) is 19.6 Å². The lowest BCUT2D eigenvalue weighted by atomic mass is 10.0. The third-order valence-electron chi connectivity index (χ3n) is 5.65. The third kappa shape index (κ3) is 4.23. The highest BCUT2D eigenvalue weighted by molar-refractivity contribution is 5.79. The summed E-state index contributed by atoms with van der Waals surface area (Å²) in [5.41, 5.74) is 0. The van der Waals surface area contributed by atoms with Gasteiger partial charge in [-0.2, -0.15) is 0 Å². The molecule has 1 aliphatic carbocycles. The molecule has 22 heavy (non-hydrogen) atoms. The predicted molar refractivity (Wildman–Crippen MR) is 89.9 cm³/mol. The van der Waals surface area contributed by atoms with Crippen molar-refractivity contribution in [2.45, 2.75) is 70.4 Å². The van der Waals surface area contributed by atoms with Crippen LogP contribution < -0.4 is 0 Å². The fourth-order valence-electron chi connectivity index (χ4n) is 4.24. The summed E-state index contributed by atoms with van der Waals surface area (Å²) < 4.78 is 0. The molecule has 1 atom stereocenters. The van der Waals surface area contributed by atoms with Crippen molar-refractivity contribution in [1.82, 2.24) is 14.7 Å². The van der Waals surface area contributed by atoms with Gasteiger partial charge in [0.2, 0.25) is 5.91 Å². The Kier molecular flexibility index (Phi) is 5.75. The molecular formula is C18H33N3O. The van der Waals surface area contributed by atoms with E-state index in [1.54, 1.807) is 0 Å². The van der Waals surface area contributed by atoms with Gasteiger partial charge in [-0.15, -0.1) is 0 Å². The number of amides is 1. The molecule has 0 aromatic carbocycles. The van der Waals surface area contributed by atoms with Crippen molar-refractivity contribution in [3.05, 3.63) is 0 Å². The van der Waals surface area contributed by atoms with E-state index < -0.39 is 0 Å². The number of likely N-dealkylation sites (tertiary alicyclic amines) is 2. The average molecular weight is 307 g/mol. The van der Waals surface area contributed by atoms with Gasteiger partial charge in [0.15, 0.2) is 0 Å². The maximum atomic E-state index is 12.5. The van der Waals surface area contributed by atoms with Crippen LogP contribution in [0, 0.1) is 0 Å². The van der Waals surface area contributed by atoms with Crippen LogP contribution in [0.5, 0.6) is 0 Å². The molecule has 4 heteroatoms. The molecule has 0 radical (unpaired) electrons. The minimum atomic E-state index is 0.363. The van der Waals surface area contributed by atoms with Crippen LogP contribution in [0.4, 0.5) is 0 Å². The number of nitrogens with zero attached hydrogens (tertiary/aromatic N) is 3. The number of likely N-dealkylation sites (N-methyl/N-ethyl adjacent to an activating group) is 1. The molecule has 0 aromatic rings. The zero-order valence-electron chi connectivity index (χ0n) is 14.3. The number of hydrogen-bond acceptors (Lipinski definition) is 3. The summed E-state index contributed by atoms with van der Waals surface area (Å²) in [6.07, 6.45) is 10.5. The number of hydrogen-bond donors (Lipinski definition) is 0. The number of rotatable bonds is 5. The molecule has 1 amide bonds. The number of carbonyl (C=O) groups excluding carboxylic acids is 1. The summed E-state index contributed by atoms with van der Waals surface area (Å²) in [6.45, 7) is 8.41. The van der Waals surface area contributed by atoms with Crippen LogP contribution in [0.15, 0.2) is 0 Å². The summed E-state index contributed by atoms with van der Waals surface area (Å²) in [6, 6.07) is 1.25. The Morgan fingerprint density at radius 1 is 1.00 bits per heavy atom. The highest BCUT2D eigenvalue weighted by Crippen LogP contribution is 2.27. The first-order valence-corrected chi connectivity index (χ1v) is 9.54. The highest BCUT2D eigenvalue weighted by atomic mass is 16.2. The summed E-state index contributed by atoms with van der Waals surface area (Å²) in [5.74, 6) is 0.363. The molecule has 3 rings (SSSR count). The van der Waals surface area contributed by atoms with Crippen molar-refractivity contribution in [2.75, 3.05) is 39.3 Å². The van der Waals surface area contributed by atoms with E-state index in [0.29, 0.717) is 24.5 Å². The highest BCUT2D eigenvalue weighted by Gasteiger charge is 2.33. The van der Waals surface area contributed by atoms with Gasteiger partial charge >= 0.3 is 0 Å². The molecule has 0 bridgehead atoms. The number of piperidine rings is 1. The van der Waals surface area contributed by atoms with Crippen LogP contribution in [-0.2, 0) is 4.79 Å². The van der Waals surface area contributed by atoms with Gasteiger partial charge in [-0.1, -0.05) is 12.8 Å². The lowest BCUT2D eigenvalue weighted by Gasteiger charge is -2.39. The van der Waals surface area contributed by atoms with Gasteiger partial charge in [0.05, 0.1) is 6.54 Å². The average Bonchev–Trinajstić information content (AvgIpc) is 3.35. The van der Waals surface area contributed by atoms with Gasteiger partial charge in [-0.05, 0) is 65.1 Å². The first-order valence-electron chi connectivity index (χ1n) is 9.54. The monoisotopic (exact) mass is 307 g/mol. The van der Waals surface area contributed by atoms with E-state index in [9.17, 15) is 4.79 Å². The van der Waals surface area contributed by atoms with E-state index in [1.807, 2.05) is 0 Å². The van der Waals surface area contributed by atoms with Crippen molar-refractivity contribution < 1.29 is 4.79 Å². The van der Waals surface area contributed by atoms with E-state index in [2.05, 4.69) is 21.6 Å². The van der Waals surface area contributed by atoms with Crippen LogP contribution in [0.25, 0.3) is 0 Å². The van der Waals surface area contributed by atoms with Gasteiger partial charge in [0.1, 0.15) is 0 Å². The largest absolute Gasteiger partial charge is 0.339 e. The molecule has 1 unspecified atom stereocenters. The molecule has 0 aromatic heterocycles. The summed E-state index contributed by atoms with van der Waals surface area (Å²) in [7, 11) is 0. The molecule has 2 aliphatic heterocycles. The van der Waals surface area contributed by atoms with E-state index in [-0.39, 0.29) is 0 Å². The Hall–Kier alpha value is -0.610. The number of carbonyl (C=O) groups is 1. The molecule has 0 N–H and O–H groups in total. The molecule has 2 heterocycles. The Morgan fingerprint density at radius 2 is 1.73 bits per heavy atom. The van der Waals surface area contributed by atoms with Crippen LogP contribution in [0.3, 0.4) is 0 Å².